The number of benzene rings is 1. The van der Waals surface area contributed by atoms with Crippen LogP contribution in [0.1, 0.15) is 36.8 Å². The van der Waals surface area contributed by atoms with Crippen LogP contribution < -0.4 is 5.32 Å². The van der Waals surface area contributed by atoms with Gasteiger partial charge in [-0.15, -0.1) is 0 Å². The quantitative estimate of drug-likeness (QED) is 0.804. The molecule has 1 N–H and O–H groups in total. The Bertz CT molecular complexity index is 345. The van der Waals surface area contributed by atoms with Gasteiger partial charge < -0.3 is 5.32 Å². The lowest BCUT2D eigenvalue weighted by atomic mass is 9.83. The lowest BCUT2D eigenvalue weighted by Gasteiger charge is -2.25. The summed E-state index contributed by atoms with van der Waals surface area (Å²) in [6.45, 7) is 4.26. The van der Waals surface area contributed by atoms with E-state index in [4.69, 9.17) is 0 Å². The van der Waals surface area contributed by atoms with Crippen molar-refractivity contribution < 1.29 is 0 Å². The molecule has 0 heterocycles. The Morgan fingerprint density at radius 3 is 2.81 bits per heavy atom. The number of aryl methyl sites for hydroxylation is 1. The number of nitrogens with one attached hydrogen (secondary N) is 1. The smallest absolute Gasteiger partial charge is 0.0222 e. The maximum Gasteiger partial charge on any atom is 0.0222 e. The maximum absolute atomic E-state index is 3.61. The second-order valence-corrected chi connectivity index (χ2v) is 5.71. The van der Waals surface area contributed by atoms with Crippen molar-refractivity contribution in [3.63, 3.8) is 0 Å². The zero-order chi connectivity index (χ0) is 11.4. The van der Waals surface area contributed by atoms with Crippen molar-refractivity contribution in [3.8, 4) is 0 Å². The largest absolute Gasteiger partial charge is 0.313 e. The zero-order valence-corrected chi connectivity index (χ0v) is 11.5. The Balaban J connectivity index is 1.71. The standard InChI is InChI=1S/C14H20BrN/c1-11-5-6-13(14(15)9-11)10-16-8-7-12-3-2-4-12/h5-6,9,12,16H,2-4,7-8,10H2,1H3. The molecule has 0 radical (unpaired) electrons. The summed E-state index contributed by atoms with van der Waals surface area (Å²) in [5.41, 5.74) is 2.67. The molecule has 0 bridgehead atoms. The van der Waals surface area contributed by atoms with Crippen molar-refractivity contribution in [1.82, 2.24) is 5.32 Å². The highest BCUT2D eigenvalue weighted by atomic mass is 79.9. The molecular weight excluding hydrogens is 262 g/mol. The first kappa shape index (κ1) is 12.1. The lowest BCUT2D eigenvalue weighted by molar-refractivity contribution is 0.292. The predicted molar refractivity (Wildman–Crippen MR) is 72.5 cm³/mol. The molecule has 1 saturated carbocycles. The fourth-order valence-electron chi connectivity index (χ4n) is 2.11. The average molecular weight is 282 g/mol. The molecule has 0 aromatic heterocycles. The van der Waals surface area contributed by atoms with Crippen molar-refractivity contribution in [2.75, 3.05) is 6.54 Å². The Labute approximate surface area is 107 Å². The molecule has 1 nitrogen and oxygen atoms in total. The van der Waals surface area contributed by atoms with Crippen LogP contribution in [0, 0.1) is 12.8 Å². The minimum absolute atomic E-state index is 0.980. The minimum Gasteiger partial charge on any atom is -0.313 e. The first-order valence-corrected chi connectivity index (χ1v) is 7.01. The number of hydrogen-bond donors (Lipinski definition) is 1. The van der Waals surface area contributed by atoms with E-state index in [1.54, 1.807) is 0 Å². The molecule has 0 spiro atoms. The molecule has 0 saturated heterocycles. The van der Waals surface area contributed by atoms with Crippen LogP contribution in [0.3, 0.4) is 0 Å². The van der Waals surface area contributed by atoms with E-state index >= 15 is 0 Å². The third kappa shape index (κ3) is 3.33. The molecule has 1 aromatic rings. The topological polar surface area (TPSA) is 12.0 Å². The van der Waals surface area contributed by atoms with Crippen molar-refractivity contribution in [3.05, 3.63) is 33.8 Å². The van der Waals surface area contributed by atoms with Gasteiger partial charge in [0.05, 0.1) is 0 Å². The molecule has 0 atom stereocenters. The molecule has 16 heavy (non-hydrogen) atoms. The molecule has 2 heteroatoms. The molecule has 0 amide bonds. The third-order valence-corrected chi connectivity index (χ3v) is 4.22. The van der Waals surface area contributed by atoms with Crippen LogP contribution in [0.15, 0.2) is 22.7 Å². The van der Waals surface area contributed by atoms with E-state index in [1.807, 2.05) is 0 Å². The third-order valence-electron chi connectivity index (χ3n) is 3.48. The first-order chi connectivity index (χ1) is 7.75. The van der Waals surface area contributed by atoms with Gasteiger partial charge in [0.1, 0.15) is 0 Å². The Hall–Kier alpha value is -0.340. The summed E-state index contributed by atoms with van der Waals surface area (Å²) in [4.78, 5) is 0. The predicted octanol–water partition coefficient (Wildman–Crippen LogP) is 4.04. The van der Waals surface area contributed by atoms with Crippen LogP contribution >= 0.6 is 15.9 Å². The van der Waals surface area contributed by atoms with Crippen LogP contribution in [-0.2, 0) is 6.54 Å². The van der Waals surface area contributed by atoms with Crippen molar-refractivity contribution in [1.29, 1.82) is 0 Å². The Kier molecular flexibility index (Phi) is 4.42. The molecule has 88 valence electrons. The van der Waals surface area contributed by atoms with Crippen molar-refractivity contribution >= 4 is 15.9 Å². The lowest BCUT2D eigenvalue weighted by Crippen LogP contribution is -2.21. The van der Waals surface area contributed by atoms with Gasteiger partial charge in [0.2, 0.25) is 0 Å². The van der Waals surface area contributed by atoms with Crippen LogP contribution in [0.25, 0.3) is 0 Å². The minimum atomic E-state index is 0.980. The number of rotatable bonds is 5. The highest BCUT2D eigenvalue weighted by molar-refractivity contribution is 9.10. The van der Waals surface area contributed by atoms with Crippen molar-refractivity contribution in [2.24, 2.45) is 5.92 Å². The summed E-state index contributed by atoms with van der Waals surface area (Å²) >= 11 is 3.61. The summed E-state index contributed by atoms with van der Waals surface area (Å²) < 4.78 is 1.23. The van der Waals surface area contributed by atoms with Gasteiger partial charge in [0, 0.05) is 11.0 Å². The van der Waals surface area contributed by atoms with Gasteiger partial charge >= 0.3 is 0 Å². The van der Waals surface area contributed by atoms with E-state index in [0.717, 1.165) is 19.0 Å². The summed E-state index contributed by atoms with van der Waals surface area (Å²) in [6, 6.07) is 6.56. The van der Waals surface area contributed by atoms with Crippen LogP contribution in [0.2, 0.25) is 0 Å². The Morgan fingerprint density at radius 2 is 2.19 bits per heavy atom. The van der Waals surface area contributed by atoms with Gasteiger partial charge in [-0.2, -0.15) is 0 Å². The summed E-state index contributed by atoms with van der Waals surface area (Å²) in [7, 11) is 0. The zero-order valence-electron chi connectivity index (χ0n) is 9.93. The van der Waals surface area contributed by atoms with Crippen LogP contribution in [0.5, 0.6) is 0 Å². The van der Waals surface area contributed by atoms with E-state index in [-0.39, 0.29) is 0 Å². The van der Waals surface area contributed by atoms with Gasteiger partial charge in [-0.05, 0) is 43.0 Å². The molecule has 1 fully saturated rings. The van der Waals surface area contributed by atoms with Crippen LogP contribution in [0.4, 0.5) is 0 Å². The van der Waals surface area contributed by atoms with Gasteiger partial charge in [-0.3, -0.25) is 0 Å². The highest BCUT2D eigenvalue weighted by Crippen LogP contribution is 2.28. The van der Waals surface area contributed by atoms with Gasteiger partial charge in [0.15, 0.2) is 0 Å². The molecule has 1 aliphatic rings. The SMILES string of the molecule is Cc1ccc(CNCCC2CCC2)c(Br)c1. The highest BCUT2D eigenvalue weighted by Gasteiger charge is 2.16. The van der Waals surface area contributed by atoms with E-state index < -0.39 is 0 Å². The molecule has 0 unspecified atom stereocenters. The first-order valence-electron chi connectivity index (χ1n) is 6.21. The van der Waals surface area contributed by atoms with Crippen molar-refractivity contribution in [2.45, 2.75) is 39.2 Å². The summed E-state index contributed by atoms with van der Waals surface area (Å²) in [6.07, 6.45) is 5.71. The maximum atomic E-state index is 3.61. The number of hydrogen-bond acceptors (Lipinski definition) is 1. The van der Waals surface area contributed by atoms with E-state index in [0.29, 0.717) is 0 Å². The molecule has 1 aromatic carbocycles. The van der Waals surface area contributed by atoms with Crippen LogP contribution in [-0.4, -0.2) is 6.54 Å². The molecule has 1 aliphatic carbocycles. The van der Waals surface area contributed by atoms with E-state index in [9.17, 15) is 0 Å². The monoisotopic (exact) mass is 281 g/mol. The molecule has 2 rings (SSSR count). The normalized spacial score (nSPS) is 16.1. The van der Waals surface area contributed by atoms with Gasteiger partial charge in [-0.1, -0.05) is 47.3 Å². The fraction of sp³-hybridized carbons (Fsp3) is 0.571. The molecule has 0 aliphatic heterocycles. The molecular formula is C14H20BrN. The average Bonchev–Trinajstić information content (AvgIpc) is 2.18. The van der Waals surface area contributed by atoms with Gasteiger partial charge in [-0.25, -0.2) is 0 Å². The van der Waals surface area contributed by atoms with E-state index in [2.05, 4.69) is 46.4 Å². The van der Waals surface area contributed by atoms with Gasteiger partial charge in [0.25, 0.3) is 0 Å². The fourth-order valence-corrected chi connectivity index (χ4v) is 2.74. The number of halogens is 1. The summed E-state index contributed by atoms with van der Waals surface area (Å²) in [5, 5.41) is 3.53. The second-order valence-electron chi connectivity index (χ2n) is 4.86. The Morgan fingerprint density at radius 1 is 1.38 bits per heavy atom. The second kappa shape index (κ2) is 5.83. The summed E-state index contributed by atoms with van der Waals surface area (Å²) in [5.74, 6) is 1.01. The van der Waals surface area contributed by atoms with E-state index in [1.165, 1.54) is 41.3 Å².